The molecule has 1 aromatic carbocycles. The first kappa shape index (κ1) is 19.2. The summed E-state index contributed by atoms with van der Waals surface area (Å²) in [6.07, 6.45) is 3.04. The topological polar surface area (TPSA) is 139 Å². The highest BCUT2D eigenvalue weighted by molar-refractivity contribution is 7.98. The number of esters is 1. The number of nitrogens with one attached hydrogen (secondary N) is 1. The molecule has 9 nitrogen and oxygen atoms in total. The molecule has 10 heteroatoms. The molecule has 0 atom stereocenters. The third-order valence-corrected chi connectivity index (χ3v) is 3.70. The minimum atomic E-state index is -1.28. The van der Waals surface area contributed by atoms with Crippen LogP contribution in [0.4, 0.5) is 11.5 Å². The molecule has 2 rings (SSSR count). The molecule has 0 unspecified atom stereocenters. The number of ether oxygens (including phenoxy) is 1. The SMILES string of the molecule is CCOC(=O)c1cnc(SC)nc1Nc1cc(C(=O)O)cc(C(=O)O)c1. The molecule has 1 heterocycles. The van der Waals surface area contributed by atoms with Crippen molar-refractivity contribution in [3.63, 3.8) is 0 Å². The lowest BCUT2D eigenvalue weighted by atomic mass is 10.1. The molecular formula is C16H15N3O6S. The standard InChI is InChI=1S/C16H15N3O6S/c1-3-25-15(24)11-7-17-16(26-2)19-12(11)18-10-5-8(13(20)21)4-9(6-10)14(22)23/h4-7H,3H2,1-2H3,(H,20,21)(H,22,23)(H,17,18,19). The first-order chi connectivity index (χ1) is 12.3. The van der Waals surface area contributed by atoms with E-state index < -0.39 is 17.9 Å². The number of hydrogen-bond acceptors (Lipinski definition) is 8. The van der Waals surface area contributed by atoms with Crippen LogP contribution in [0.15, 0.2) is 29.6 Å². The van der Waals surface area contributed by atoms with E-state index in [1.165, 1.54) is 30.1 Å². The zero-order chi connectivity index (χ0) is 19.3. The largest absolute Gasteiger partial charge is 0.478 e. The Morgan fingerprint density at radius 1 is 1.15 bits per heavy atom. The molecule has 0 bridgehead atoms. The van der Waals surface area contributed by atoms with E-state index in [2.05, 4.69) is 15.3 Å². The van der Waals surface area contributed by atoms with E-state index in [0.717, 1.165) is 6.07 Å². The smallest absolute Gasteiger partial charge is 0.343 e. The maximum absolute atomic E-state index is 12.1. The van der Waals surface area contributed by atoms with Gasteiger partial charge in [0.2, 0.25) is 0 Å². The second-order valence-corrected chi connectivity index (χ2v) is 5.65. The van der Waals surface area contributed by atoms with E-state index in [1.54, 1.807) is 13.2 Å². The van der Waals surface area contributed by atoms with Gasteiger partial charge in [0, 0.05) is 11.9 Å². The van der Waals surface area contributed by atoms with E-state index in [0.29, 0.717) is 5.16 Å². The van der Waals surface area contributed by atoms with E-state index in [-0.39, 0.29) is 34.8 Å². The van der Waals surface area contributed by atoms with Crippen molar-refractivity contribution in [1.82, 2.24) is 9.97 Å². The maximum atomic E-state index is 12.1. The van der Waals surface area contributed by atoms with Crippen molar-refractivity contribution in [2.45, 2.75) is 12.1 Å². The fraction of sp³-hybridized carbons (Fsp3) is 0.188. The molecule has 0 amide bonds. The van der Waals surface area contributed by atoms with Crippen LogP contribution < -0.4 is 5.32 Å². The third-order valence-electron chi connectivity index (χ3n) is 3.13. The molecule has 0 saturated carbocycles. The normalized spacial score (nSPS) is 10.2. The lowest BCUT2D eigenvalue weighted by Crippen LogP contribution is -2.11. The Kier molecular flexibility index (Phi) is 6.12. The minimum absolute atomic E-state index is 0.0438. The Morgan fingerprint density at radius 2 is 1.77 bits per heavy atom. The maximum Gasteiger partial charge on any atom is 0.343 e. The molecule has 0 aliphatic rings. The molecule has 136 valence electrons. The molecule has 3 N–H and O–H groups in total. The summed E-state index contributed by atoms with van der Waals surface area (Å²) in [7, 11) is 0. The molecule has 0 fully saturated rings. The van der Waals surface area contributed by atoms with E-state index in [1.807, 2.05) is 0 Å². The molecular weight excluding hydrogens is 362 g/mol. The number of carboxylic acids is 2. The highest BCUT2D eigenvalue weighted by Gasteiger charge is 2.18. The quantitative estimate of drug-likeness (QED) is 0.374. The van der Waals surface area contributed by atoms with Crippen molar-refractivity contribution in [1.29, 1.82) is 0 Å². The van der Waals surface area contributed by atoms with Crippen molar-refractivity contribution in [3.05, 3.63) is 41.1 Å². The number of thioether (sulfide) groups is 1. The number of nitrogens with zero attached hydrogens (tertiary/aromatic N) is 2. The summed E-state index contributed by atoms with van der Waals surface area (Å²) in [6.45, 7) is 1.80. The van der Waals surface area contributed by atoms with Crippen LogP contribution in [-0.4, -0.2) is 51.0 Å². The lowest BCUT2D eigenvalue weighted by Gasteiger charge is -2.12. The van der Waals surface area contributed by atoms with Gasteiger partial charge >= 0.3 is 17.9 Å². The number of benzene rings is 1. The van der Waals surface area contributed by atoms with Gasteiger partial charge in [0.15, 0.2) is 5.16 Å². The van der Waals surface area contributed by atoms with Gasteiger partial charge in [0.25, 0.3) is 0 Å². The molecule has 1 aromatic heterocycles. The van der Waals surface area contributed by atoms with Crippen LogP contribution in [0.5, 0.6) is 0 Å². The Hall–Kier alpha value is -3.14. The fourth-order valence-corrected chi connectivity index (χ4v) is 2.34. The van der Waals surface area contributed by atoms with Crippen LogP contribution >= 0.6 is 11.8 Å². The van der Waals surface area contributed by atoms with Gasteiger partial charge in [-0.15, -0.1) is 0 Å². The van der Waals surface area contributed by atoms with Crippen molar-refractivity contribution in [2.75, 3.05) is 18.2 Å². The highest BCUT2D eigenvalue weighted by Crippen LogP contribution is 2.24. The third kappa shape index (κ3) is 4.48. The van der Waals surface area contributed by atoms with E-state index in [9.17, 15) is 14.4 Å². The fourth-order valence-electron chi connectivity index (χ4n) is 2.00. The molecule has 0 aliphatic heterocycles. The first-order valence-electron chi connectivity index (χ1n) is 7.32. The van der Waals surface area contributed by atoms with Crippen LogP contribution in [-0.2, 0) is 4.74 Å². The van der Waals surface area contributed by atoms with Gasteiger partial charge in [-0.3, -0.25) is 0 Å². The second-order valence-electron chi connectivity index (χ2n) is 4.87. The summed E-state index contributed by atoms with van der Waals surface area (Å²) >= 11 is 1.24. The predicted molar refractivity (Wildman–Crippen MR) is 93.4 cm³/mol. The van der Waals surface area contributed by atoms with Gasteiger partial charge in [0.1, 0.15) is 11.4 Å². The molecule has 0 saturated heterocycles. The molecule has 26 heavy (non-hydrogen) atoms. The zero-order valence-electron chi connectivity index (χ0n) is 13.8. The number of rotatable bonds is 7. The van der Waals surface area contributed by atoms with Gasteiger partial charge in [0.05, 0.1) is 17.7 Å². The van der Waals surface area contributed by atoms with Crippen LogP contribution in [0.25, 0.3) is 0 Å². The Labute approximate surface area is 152 Å². The number of anilines is 2. The van der Waals surface area contributed by atoms with Gasteiger partial charge in [-0.2, -0.15) is 0 Å². The van der Waals surface area contributed by atoms with Gasteiger partial charge < -0.3 is 20.3 Å². The summed E-state index contributed by atoms with van der Waals surface area (Å²) in [5.41, 5.74) is -0.241. The monoisotopic (exact) mass is 377 g/mol. The lowest BCUT2D eigenvalue weighted by molar-refractivity contribution is 0.0525. The summed E-state index contributed by atoms with van der Waals surface area (Å²) in [5.74, 6) is -3.14. The van der Waals surface area contributed by atoms with Crippen molar-refractivity contribution in [3.8, 4) is 0 Å². The molecule has 2 aromatic rings. The predicted octanol–water partition coefficient (Wildman–Crippen LogP) is 2.52. The van der Waals surface area contributed by atoms with E-state index in [4.69, 9.17) is 14.9 Å². The number of carbonyl (C=O) groups is 3. The average molecular weight is 377 g/mol. The van der Waals surface area contributed by atoms with Crippen LogP contribution in [0, 0.1) is 0 Å². The average Bonchev–Trinajstić information content (AvgIpc) is 2.61. The number of aromatic nitrogens is 2. The summed E-state index contributed by atoms with van der Waals surface area (Å²) in [5, 5.41) is 21.5. The number of hydrogen-bond donors (Lipinski definition) is 3. The van der Waals surface area contributed by atoms with Crippen LogP contribution in [0.1, 0.15) is 38.0 Å². The minimum Gasteiger partial charge on any atom is -0.478 e. The van der Waals surface area contributed by atoms with Crippen LogP contribution in [0.2, 0.25) is 0 Å². The van der Waals surface area contributed by atoms with Crippen molar-refractivity contribution >= 4 is 41.2 Å². The van der Waals surface area contributed by atoms with Gasteiger partial charge in [-0.1, -0.05) is 11.8 Å². The van der Waals surface area contributed by atoms with Gasteiger partial charge in [-0.05, 0) is 31.4 Å². The first-order valence-corrected chi connectivity index (χ1v) is 8.55. The van der Waals surface area contributed by atoms with Gasteiger partial charge in [-0.25, -0.2) is 24.4 Å². The van der Waals surface area contributed by atoms with Crippen LogP contribution in [0.3, 0.4) is 0 Å². The highest BCUT2D eigenvalue weighted by atomic mass is 32.2. The van der Waals surface area contributed by atoms with Crippen molar-refractivity contribution in [2.24, 2.45) is 0 Å². The Bertz CT molecular complexity index is 839. The Balaban J connectivity index is 2.51. The Morgan fingerprint density at radius 3 is 2.27 bits per heavy atom. The molecule has 0 aliphatic carbocycles. The zero-order valence-corrected chi connectivity index (χ0v) is 14.7. The summed E-state index contributed by atoms with van der Waals surface area (Å²) in [6, 6.07) is 3.52. The number of aromatic carboxylic acids is 2. The summed E-state index contributed by atoms with van der Waals surface area (Å²) < 4.78 is 4.95. The van der Waals surface area contributed by atoms with Crippen molar-refractivity contribution < 1.29 is 29.3 Å². The molecule has 0 radical (unpaired) electrons. The second kappa shape index (κ2) is 8.30. The van der Waals surface area contributed by atoms with E-state index >= 15 is 0 Å². The number of carboxylic acid groups (broad SMARTS) is 2. The summed E-state index contributed by atoms with van der Waals surface area (Å²) in [4.78, 5) is 42.7. The number of carbonyl (C=O) groups excluding carboxylic acids is 1. The molecule has 0 spiro atoms.